The molecule has 2 rings (SSSR count). The van der Waals surface area contributed by atoms with Crippen molar-refractivity contribution in [1.29, 1.82) is 0 Å². The van der Waals surface area contributed by atoms with Crippen LogP contribution in [0.5, 0.6) is 5.75 Å². The van der Waals surface area contributed by atoms with Crippen LogP contribution >= 0.6 is 0 Å². The highest BCUT2D eigenvalue weighted by Crippen LogP contribution is 2.27. The number of rotatable bonds is 3. The van der Waals surface area contributed by atoms with Gasteiger partial charge in [-0.15, -0.1) is 0 Å². The lowest BCUT2D eigenvalue weighted by Gasteiger charge is -2.11. The van der Waals surface area contributed by atoms with Crippen molar-refractivity contribution in [2.45, 2.75) is 20.0 Å². The summed E-state index contributed by atoms with van der Waals surface area (Å²) in [6.07, 6.45) is 3.64. The molecule has 1 heterocycles. The van der Waals surface area contributed by atoms with Crippen molar-refractivity contribution in [2.75, 3.05) is 5.73 Å². The standard InChI is InChI=1S/C14H16N2O/c1-10(2)17-12-7-11(8-16-9-12)13-5-3-4-6-14(13)15/h3-10H,15H2,1-2H3. The van der Waals surface area contributed by atoms with Crippen molar-refractivity contribution in [3.05, 3.63) is 42.7 Å². The van der Waals surface area contributed by atoms with Crippen LogP contribution in [-0.2, 0) is 0 Å². The Morgan fingerprint density at radius 1 is 1.18 bits per heavy atom. The van der Waals surface area contributed by atoms with Gasteiger partial charge in [-0.2, -0.15) is 0 Å². The van der Waals surface area contributed by atoms with Gasteiger partial charge in [0.2, 0.25) is 0 Å². The van der Waals surface area contributed by atoms with Gasteiger partial charge in [-0.3, -0.25) is 4.98 Å². The summed E-state index contributed by atoms with van der Waals surface area (Å²) in [5, 5.41) is 0. The summed E-state index contributed by atoms with van der Waals surface area (Å²) in [7, 11) is 0. The second-order valence-corrected chi connectivity index (χ2v) is 4.16. The van der Waals surface area contributed by atoms with Crippen LogP contribution in [0, 0.1) is 0 Å². The van der Waals surface area contributed by atoms with Crippen molar-refractivity contribution in [3.63, 3.8) is 0 Å². The number of nitrogens with zero attached hydrogens (tertiary/aromatic N) is 1. The van der Waals surface area contributed by atoms with Crippen molar-refractivity contribution in [3.8, 4) is 16.9 Å². The molecule has 0 atom stereocenters. The zero-order valence-electron chi connectivity index (χ0n) is 10.1. The lowest BCUT2D eigenvalue weighted by Crippen LogP contribution is -2.05. The highest BCUT2D eigenvalue weighted by atomic mass is 16.5. The van der Waals surface area contributed by atoms with Gasteiger partial charge in [0, 0.05) is 23.0 Å². The minimum absolute atomic E-state index is 0.139. The Morgan fingerprint density at radius 3 is 2.65 bits per heavy atom. The van der Waals surface area contributed by atoms with Crippen LogP contribution in [0.15, 0.2) is 42.7 Å². The van der Waals surface area contributed by atoms with Crippen LogP contribution in [0.4, 0.5) is 5.69 Å². The van der Waals surface area contributed by atoms with E-state index in [0.29, 0.717) is 0 Å². The maximum absolute atomic E-state index is 5.94. The molecule has 0 radical (unpaired) electrons. The van der Waals surface area contributed by atoms with Crippen molar-refractivity contribution in [1.82, 2.24) is 4.98 Å². The van der Waals surface area contributed by atoms with Crippen LogP contribution in [0.2, 0.25) is 0 Å². The van der Waals surface area contributed by atoms with Gasteiger partial charge in [0.25, 0.3) is 0 Å². The fraction of sp³-hybridized carbons (Fsp3) is 0.214. The molecule has 2 aromatic rings. The predicted octanol–water partition coefficient (Wildman–Crippen LogP) is 3.12. The van der Waals surface area contributed by atoms with Gasteiger partial charge in [-0.25, -0.2) is 0 Å². The third-order valence-corrected chi connectivity index (χ3v) is 2.36. The second-order valence-electron chi connectivity index (χ2n) is 4.16. The first-order valence-electron chi connectivity index (χ1n) is 5.63. The van der Waals surface area contributed by atoms with Crippen molar-refractivity contribution in [2.24, 2.45) is 0 Å². The number of nitrogen functional groups attached to an aromatic ring is 1. The number of pyridine rings is 1. The molecule has 1 aromatic carbocycles. The molecule has 0 aliphatic rings. The first-order valence-corrected chi connectivity index (χ1v) is 5.63. The van der Waals surface area contributed by atoms with Crippen LogP contribution in [0.3, 0.4) is 0 Å². The molecule has 0 bridgehead atoms. The Balaban J connectivity index is 2.37. The Labute approximate surface area is 101 Å². The van der Waals surface area contributed by atoms with E-state index in [2.05, 4.69) is 4.98 Å². The third kappa shape index (κ3) is 2.75. The lowest BCUT2D eigenvalue weighted by molar-refractivity contribution is 0.241. The summed E-state index contributed by atoms with van der Waals surface area (Å²) in [5.41, 5.74) is 8.64. The molecule has 3 nitrogen and oxygen atoms in total. The molecule has 0 spiro atoms. The van der Waals surface area contributed by atoms with E-state index >= 15 is 0 Å². The second kappa shape index (κ2) is 4.87. The molecule has 88 valence electrons. The molecule has 2 N–H and O–H groups in total. The smallest absolute Gasteiger partial charge is 0.138 e. The third-order valence-electron chi connectivity index (χ3n) is 2.36. The fourth-order valence-electron chi connectivity index (χ4n) is 1.66. The van der Waals surface area contributed by atoms with Crippen LogP contribution < -0.4 is 10.5 Å². The summed E-state index contributed by atoms with van der Waals surface area (Å²) < 4.78 is 5.61. The van der Waals surface area contributed by atoms with Gasteiger partial charge in [-0.1, -0.05) is 18.2 Å². The number of para-hydroxylation sites is 1. The Kier molecular flexibility index (Phi) is 3.28. The number of anilines is 1. The number of benzene rings is 1. The van der Waals surface area contributed by atoms with Crippen LogP contribution in [0.25, 0.3) is 11.1 Å². The van der Waals surface area contributed by atoms with E-state index in [9.17, 15) is 0 Å². The molecular formula is C14H16N2O. The number of ether oxygens (including phenoxy) is 1. The normalized spacial score (nSPS) is 10.5. The van der Waals surface area contributed by atoms with E-state index in [1.165, 1.54) is 0 Å². The summed E-state index contributed by atoms with van der Waals surface area (Å²) in [6.45, 7) is 3.98. The van der Waals surface area contributed by atoms with E-state index in [0.717, 1.165) is 22.6 Å². The van der Waals surface area contributed by atoms with Gasteiger partial charge >= 0.3 is 0 Å². The molecule has 0 aliphatic carbocycles. The zero-order valence-corrected chi connectivity index (χ0v) is 10.1. The molecule has 17 heavy (non-hydrogen) atoms. The molecule has 0 fully saturated rings. The first-order chi connectivity index (χ1) is 8.16. The largest absolute Gasteiger partial charge is 0.489 e. The summed E-state index contributed by atoms with van der Waals surface area (Å²) in [5.74, 6) is 0.765. The van der Waals surface area contributed by atoms with E-state index < -0.39 is 0 Å². The van der Waals surface area contributed by atoms with Crippen LogP contribution in [0.1, 0.15) is 13.8 Å². The molecule has 1 aromatic heterocycles. The van der Waals surface area contributed by atoms with E-state index in [1.807, 2.05) is 44.2 Å². The highest BCUT2D eigenvalue weighted by molar-refractivity contribution is 5.76. The lowest BCUT2D eigenvalue weighted by atomic mass is 10.1. The van der Waals surface area contributed by atoms with E-state index in [1.54, 1.807) is 12.4 Å². The zero-order chi connectivity index (χ0) is 12.3. The summed E-state index contributed by atoms with van der Waals surface area (Å²) >= 11 is 0. The summed E-state index contributed by atoms with van der Waals surface area (Å²) in [4.78, 5) is 4.17. The fourth-order valence-corrected chi connectivity index (χ4v) is 1.66. The van der Waals surface area contributed by atoms with Crippen LogP contribution in [-0.4, -0.2) is 11.1 Å². The van der Waals surface area contributed by atoms with Gasteiger partial charge in [0.1, 0.15) is 5.75 Å². The topological polar surface area (TPSA) is 48.1 Å². The molecule has 0 unspecified atom stereocenters. The molecule has 3 heteroatoms. The van der Waals surface area contributed by atoms with Gasteiger partial charge in [-0.05, 0) is 26.0 Å². The number of aromatic nitrogens is 1. The average Bonchev–Trinajstić information content (AvgIpc) is 2.29. The predicted molar refractivity (Wildman–Crippen MR) is 69.8 cm³/mol. The molecule has 0 saturated heterocycles. The van der Waals surface area contributed by atoms with Crippen molar-refractivity contribution >= 4 is 5.69 Å². The molecule has 0 aliphatic heterocycles. The summed E-state index contributed by atoms with van der Waals surface area (Å²) in [6, 6.07) is 9.69. The quantitative estimate of drug-likeness (QED) is 0.821. The molecule has 0 amide bonds. The van der Waals surface area contributed by atoms with E-state index in [-0.39, 0.29) is 6.10 Å². The minimum Gasteiger partial charge on any atom is -0.489 e. The van der Waals surface area contributed by atoms with E-state index in [4.69, 9.17) is 10.5 Å². The average molecular weight is 228 g/mol. The van der Waals surface area contributed by atoms with Gasteiger partial charge in [0.05, 0.1) is 12.3 Å². The monoisotopic (exact) mass is 228 g/mol. The minimum atomic E-state index is 0.139. The molecular weight excluding hydrogens is 212 g/mol. The van der Waals surface area contributed by atoms with Crippen molar-refractivity contribution < 1.29 is 4.74 Å². The maximum atomic E-state index is 5.94. The number of hydrogen-bond donors (Lipinski definition) is 1. The first kappa shape index (κ1) is 11.5. The van der Waals surface area contributed by atoms with Gasteiger partial charge < -0.3 is 10.5 Å². The SMILES string of the molecule is CC(C)Oc1cncc(-c2ccccc2N)c1. The Hall–Kier alpha value is -2.03. The molecule has 0 saturated carbocycles. The number of nitrogens with two attached hydrogens (primary N) is 1. The maximum Gasteiger partial charge on any atom is 0.138 e. The highest BCUT2D eigenvalue weighted by Gasteiger charge is 2.04. The number of hydrogen-bond acceptors (Lipinski definition) is 3. The Morgan fingerprint density at radius 2 is 1.94 bits per heavy atom. The Bertz CT molecular complexity index is 509. The van der Waals surface area contributed by atoms with Gasteiger partial charge in [0.15, 0.2) is 0 Å².